The quantitative estimate of drug-likeness (QED) is 0.869. The van der Waals surface area contributed by atoms with Crippen LogP contribution in [0.15, 0.2) is 24.3 Å². The zero-order valence-electron chi connectivity index (χ0n) is 13.0. The highest BCUT2D eigenvalue weighted by Gasteiger charge is 2.26. The molecule has 1 unspecified atom stereocenters. The van der Waals surface area contributed by atoms with Crippen molar-refractivity contribution >= 4 is 0 Å². The lowest BCUT2D eigenvalue weighted by atomic mass is 9.92. The van der Waals surface area contributed by atoms with Crippen molar-refractivity contribution in [3.05, 3.63) is 29.8 Å². The van der Waals surface area contributed by atoms with E-state index in [1.807, 2.05) is 6.07 Å². The summed E-state index contributed by atoms with van der Waals surface area (Å²) in [7, 11) is 0. The largest absolute Gasteiger partial charge is 0.493 e. The Hall–Kier alpha value is -1.06. The molecule has 1 aromatic rings. The summed E-state index contributed by atoms with van der Waals surface area (Å²) in [5, 5.41) is 3.63. The van der Waals surface area contributed by atoms with Gasteiger partial charge in [-0.25, -0.2) is 0 Å². The van der Waals surface area contributed by atoms with Crippen molar-refractivity contribution in [1.29, 1.82) is 0 Å². The number of para-hydroxylation sites is 1. The maximum Gasteiger partial charge on any atom is 0.123 e. The molecule has 0 amide bonds. The van der Waals surface area contributed by atoms with Crippen LogP contribution in [0.2, 0.25) is 0 Å². The van der Waals surface area contributed by atoms with Gasteiger partial charge in [0.05, 0.1) is 19.3 Å². The normalized spacial score (nSPS) is 28.1. The van der Waals surface area contributed by atoms with E-state index in [0.717, 1.165) is 25.5 Å². The van der Waals surface area contributed by atoms with Crippen LogP contribution in [0.5, 0.6) is 5.75 Å². The van der Waals surface area contributed by atoms with Crippen LogP contribution in [-0.4, -0.2) is 31.9 Å². The fourth-order valence-corrected chi connectivity index (χ4v) is 3.40. The topological polar surface area (TPSA) is 30.5 Å². The van der Waals surface area contributed by atoms with Crippen LogP contribution in [0.4, 0.5) is 0 Å². The molecule has 1 atom stereocenters. The first-order valence-electron chi connectivity index (χ1n) is 8.43. The first kappa shape index (κ1) is 14.9. The number of nitrogens with one attached hydrogen (secondary N) is 1. The second-order valence-electron chi connectivity index (χ2n) is 6.31. The van der Waals surface area contributed by atoms with Crippen LogP contribution in [0.3, 0.4) is 0 Å². The van der Waals surface area contributed by atoms with Crippen LogP contribution in [0.1, 0.15) is 50.5 Å². The van der Waals surface area contributed by atoms with Crippen molar-refractivity contribution in [2.45, 2.75) is 57.1 Å². The molecule has 0 radical (unpaired) electrons. The van der Waals surface area contributed by atoms with Gasteiger partial charge in [-0.15, -0.1) is 0 Å². The molecule has 1 aliphatic carbocycles. The molecule has 1 heterocycles. The standard InChI is InChI=1S/C18H27NO2/c1-2-11-19-15-7-9-16(10-8-15)20-12-14-13-21-18-6-4-3-5-17(14)18/h3-6,14-16,19H,2,7-13H2,1H3. The Morgan fingerprint density at radius 3 is 2.81 bits per heavy atom. The minimum atomic E-state index is 0.414. The van der Waals surface area contributed by atoms with Gasteiger partial charge in [-0.2, -0.15) is 0 Å². The number of hydrogen-bond donors (Lipinski definition) is 1. The van der Waals surface area contributed by atoms with E-state index in [9.17, 15) is 0 Å². The average molecular weight is 289 g/mol. The molecule has 0 saturated heterocycles. The van der Waals surface area contributed by atoms with Crippen LogP contribution in [0.25, 0.3) is 0 Å². The first-order chi connectivity index (χ1) is 10.4. The molecule has 1 aromatic carbocycles. The van der Waals surface area contributed by atoms with Crippen LogP contribution >= 0.6 is 0 Å². The van der Waals surface area contributed by atoms with E-state index in [4.69, 9.17) is 9.47 Å². The predicted octanol–water partition coefficient (Wildman–Crippen LogP) is 3.49. The molecule has 116 valence electrons. The first-order valence-corrected chi connectivity index (χ1v) is 8.43. The van der Waals surface area contributed by atoms with Crippen molar-refractivity contribution < 1.29 is 9.47 Å². The van der Waals surface area contributed by atoms with Gasteiger partial charge in [0.15, 0.2) is 0 Å². The fourth-order valence-electron chi connectivity index (χ4n) is 3.40. The summed E-state index contributed by atoms with van der Waals surface area (Å²) in [4.78, 5) is 0. The smallest absolute Gasteiger partial charge is 0.123 e. The molecular weight excluding hydrogens is 262 g/mol. The summed E-state index contributed by atoms with van der Waals surface area (Å²) in [5.74, 6) is 1.45. The molecule has 1 N–H and O–H groups in total. The van der Waals surface area contributed by atoms with Gasteiger partial charge >= 0.3 is 0 Å². The lowest BCUT2D eigenvalue weighted by Crippen LogP contribution is -2.36. The Morgan fingerprint density at radius 1 is 1.19 bits per heavy atom. The molecule has 3 nitrogen and oxygen atoms in total. The molecule has 0 spiro atoms. The van der Waals surface area contributed by atoms with Crippen molar-refractivity contribution in [2.75, 3.05) is 19.8 Å². The second kappa shape index (κ2) is 7.28. The number of fused-ring (bicyclic) bond motifs is 1. The van der Waals surface area contributed by atoms with E-state index in [0.29, 0.717) is 18.1 Å². The Labute approximate surface area is 128 Å². The van der Waals surface area contributed by atoms with Gasteiger partial charge in [-0.1, -0.05) is 25.1 Å². The Kier molecular flexibility index (Phi) is 5.15. The summed E-state index contributed by atoms with van der Waals surface area (Å²) >= 11 is 0. The maximum atomic E-state index is 6.17. The lowest BCUT2D eigenvalue weighted by Gasteiger charge is -2.29. The summed E-state index contributed by atoms with van der Waals surface area (Å²) in [6.07, 6.45) is 6.55. The van der Waals surface area contributed by atoms with Gasteiger partial charge in [0.25, 0.3) is 0 Å². The van der Waals surface area contributed by atoms with Gasteiger partial charge in [0.2, 0.25) is 0 Å². The van der Waals surface area contributed by atoms with E-state index in [-0.39, 0.29) is 0 Å². The van der Waals surface area contributed by atoms with Gasteiger partial charge in [0, 0.05) is 17.5 Å². The summed E-state index contributed by atoms with van der Waals surface area (Å²) in [5.41, 5.74) is 1.32. The van der Waals surface area contributed by atoms with Gasteiger partial charge in [0.1, 0.15) is 5.75 Å². The third-order valence-corrected chi connectivity index (χ3v) is 4.69. The monoisotopic (exact) mass is 289 g/mol. The molecule has 1 saturated carbocycles. The van der Waals surface area contributed by atoms with E-state index in [1.165, 1.54) is 37.7 Å². The third kappa shape index (κ3) is 3.78. The highest BCUT2D eigenvalue weighted by Crippen LogP contribution is 2.34. The Balaban J connectivity index is 1.41. The second-order valence-corrected chi connectivity index (χ2v) is 6.31. The zero-order chi connectivity index (χ0) is 14.5. The SMILES string of the molecule is CCCNC1CCC(OCC2COc3ccccc32)CC1. The fraction of sp³-hybridized carbons (Fsp3) is 0.667. The maximum absolute atomic E-state index is 6.17. The Bertz CT molecular complexity index is 441. The van der Waals surface area contributed by atoms with Crippen LogP contribution in [-0.2, 0) is 4.74 Å². The van der Waals surface area contributed by atoms with Crippen LogP contribution in [0, 0.1) is 0 Å². The van der Waals surface area contributed by atoms with Crippen LogP contribution < -0.4 is 10.1 Å². The van der Waals surface area contributed by atoms with Gasteiger partial charge in [-0.3, -0.25) is 0 Å². The molecule has 0 bridgehead atoms. The summed E-state index contributed by atoms with van der Waals surface area (Å²) in [6.45, 7) is 4.94. The molecule has 3 rings (SSSR count). The summed E-state index contributed by atoms with van der Waals surface area (Å²) in [6, 6.07) is 9.06. The van der Waals surface area contributed by atoms with Crippen molar-refractivity contribution in [1.82, 2.24) is 5.32 Å². The number of benzene rings is 1. The van der Waals surface area contributed by atoms with E-state index < -0.39 is 0 Å². The Morgan fingerprint density at radius 2 is 2.00 bits per heavy atom. The molecule has 1 fully saturated rings. The zero-order valence-corrected chi connectivity index (χ0v) is 13.0. The van der Waals surface area contributed by atoms with Gasteiger partial charge < -0.3 is 14.8 Å². The molecule has 3 heteroatoms. The molecule has 21 heavy (non-hydrogen) atoms. The molecule has 1 aliphatic heterocycles. The minimum absolute atomic E-state index is 0.414. The van der Waals surface area contributed by atoms with Crippen molar-refractivity contribution in [3.63, 3.8) is 0 Å². The number of hydrogen-bond acceptors (Lipinski definition) is 3. The number of ether oxygens (including phenoxy) is 2. The highest BCUT2D eigenvalue weighted by molar-refractivity contribution is 5.39. The third-order valence-electron chi connectivity index (χ3n) is 4.69. The predicted molar refractivity (Wildman–Crippen MR) is 85.0 cm³/mol. The highest BCUT2D eigenvalue weighted by atomic mass is 16.5. The summed E-state index contributed by atoms with van der Waals surface area (Å²) < 4.78 is 11.9. The van der Waals surface area contributed by atoms with Gasteiger partial charge in [-0.05, 0) is 44.7 Å². The lowest BCUT2D eigenvalue weighted by molar-refractivity contribution is 0.0124. The average Bonchev–Trinajstić information content (AvgIpc) is 2.95. The molecule has 0 aromatic heterocycles. The molecular formula is C18H27NO2. The van der Waals surface area contributed by atoms with E-state index >= 15 is 0 Å². The van der Waals surface area contributed by atoms with E-state index in [1.54, 1.807) is 0 Å². The van der Waals surface area contributed by atoms with E-state index in [2.05, 4.69) is 30.4 Å². The van der Waals surface area contributed by atoms with Crippen molar-refractivity contribution in [3.8, 4) is 5.75 Å². The van der Waals surface area contributed by atoms with Crippen molar-refractivity contribution in [2.24, 2.45) is 0 Å². The number of rotatable bonds is 6. The molecule has 2 aliphatic rings. The minimum Gasteiger partial charge on any atom is -0.493 e.